The summed E-state index contributed by atoms with van der Waals surface area (Å²) in [6, 6.07) is 4.21. The van der Waals surface area contributed by atoms with Gasteiger partial charge in [0, 0.05) is 24.2 Å². The molecule has 2 nitrogen and oxygen atoms in total. The van der Waals surface area contributed by atoms with Crippen molar-refractivity contribution >= 4 is 11.4 Å². The molecule has 0 radical (unpaired) electrons. The Balaban J connectivity index is 1.54. The molecule has 138 valence electrons. The lowest BCUT2D eigenvalue weighted by molar-refractivity contribution is -0.116. The van der Waals surface area contributed by atoms with Crippen molar-refractivity contribution in [3.05, 3.63) is 71.6 Å². The highest BCUT2D eigenvalue weighted by Gasteiger charge is 2.55. The predicted molar refractivity (Wildman–Crippen MR) is 109 cm³/mol. The lowest BCUT2D eigenvalue weighted by atomic mass is 9.47. The first-order chi connectivity index (χ1) is 12.9. The Kier molecular flexibility index (Phi) is 3.53. The Morgan fingerprint density at radius 1 is 1.19 bits per heavy atom. The van der Waals surface area contributed by atoms with Crippen LogP contribution in [0.3, 0.4) is 0 Å². The van der Waals surface area contributed by atoms with Gasteiger partial charge >= 0.3 is 0 Å². The van der Waals surface area contributed by atoms with E-state index in [9.17, 15) is 4.79 Å². The van der Waals surface area contributed by atoms with Crippen molar-refractivity contribution in [3.8, 4) is 0 Å². The summed E-state index contributed by atoms with van der Waals surface area (Å²) in [6.07, 6.45) is 15.5. The molecule has 4 aliphatic rings. The number of carbonyl (C=O) groups excluding carboxylic acids is 1. The summed E-state index contributed by atoms with van der Waals surface area (Å²) in [5.41, 5.74) is 6.89. The van der Waals surface area contributed by atoms with E-state index in [4.69, 9.17) is 0 Å². The van der Waals surface area contributed by atoms with E-state index in [0.29, 0.717) is 18.3 Å². The molecule has 5 rings (SSSR count). The lowest BCUT2D eigenvalue weighted by Gasteiger charge is -2.56. The van der Waals surface area contributed by atoms with Crippen molar-refractivity contribution in [1.29, 1.82) is 0 Å². The van der Waals surface area contributed by atoms with E-state index in [1.807, 2.05) is 24.5 Å². The molecule has 0 spiro atoms. The van der Waals surface area contributed by atoms with E-state index < -0.39 is 0 Å². The molecule has 2 fully saturated rings. The van der Waals surface area contributed by atoms with Crippen molar-refractivity contribution in [2.24, 2.45) is 22.7 Å². The fourth-order valence-electron chi connectivity index (χ4n) is 6.50. The normalized spacial score (nSPS) is 37.6. The predicted octanol–water partition coefficient (Wildman–Crippen LogP) is 5.69. The van der Waals surface area contributed by atoms with Gasteiger partial charge in [0.1, 0.15) is 0 Å². The van der Waals surface area contributed by atoms with Crippen molar-refractivity contribution in [1.82, 2.24) is 4.98 Å². The molecule has 4 atom stereocenters. The van der Waals surface area contributed by atoms with Crippen LogP contribution in [0.2, 0.25) is 0 Å². The van der Waals surface area contributed by atoms with Gasteiger partial charge in [-0.25, -0.2) is 0 Å². The third-order valence-electron chi connectivity index (χ3n) is 7.95. The number of hydrogen-bond donors (Lipinski definition) is 0. The van der Waals surface area contributed by atoms with Gasteiger partial charge in [0.05, 0.1) is 0 Å². The van der Waals surface area contributed by atoms with Crippen LogP contribution < -0.4 is 0 Å². The quantitative estimate of drug-likeness (QED) is 0.646. The largest absolute Gasteiger partial charge is 0.295 e. The average molecular weight is 357 g/mol. The second-order valence-electron chi connectivity index (χ2n) is 9.28. The molecule has 1 aromatic rings. The SMILES string of the molecule is C=C1C[C@H]2C3=CC=C(c4cccnc4)[C@@]3(C)CC[C@@H]2[C@@]2(C)CCC(=O)C=C12. The van der Waals surface area contributed by atoms with Crippen LogP contribution >= 0.6 is 0 Å². The zero-order valence-corrected chi connectivity index (χ0v) is 16.3. The van der Waals surface area contributed by atoms with E-state index in [1.54, 1.807) is 5.57 Å². The molecule has 2 saturated carbocycles. The van der Waals surface area contributed by atoms with Crippen LogP contribution in [-0.4, -0.2) is 10.8 Å². The Morgan fingerprint density at radius 2 is 2.04 bits per heavy atom. The molecule has 0 saturated heterocycles. The highest BCUT2D eigenvalue weighted by molar-refractivity contribution is 5.92. The third kappa shape index (κ3) is 2.25. The van der Waals surface area contributed by atoms with Gasteiger partial charge < -0.3 is 0 Å². The summed E-state index contributed by atoms with van der Waals surface area (Å²) in [5.74, 6) is 1.43. The monoisotopic (exact) mass is 357 g/mol. The Labute approximate surface area is 161 Å². The number of carbonyl (C=O) groups is 1. The number of aromatic nitrogens is 1. The molecule has 27 heavy (non-hydrogen) atoms. The molecular weight excluding hydrogens is 330 g/mol. The number of nitrogens with zero attached hydrogens (tertiary/aromatic N) is 1. The lowest BCUT2D eigenvalue weighted by Crippen LogP contribution is -2.47. The first-order valence-corrected chi connectivity index (χ1v) is 10.2. The molecule has 2 heteroatoms. The molecular formula is C25H27NO. The molecule has 0 aromatic carbocycles. The minimum atomic E-state index is 0.104. The minimum absolute atomic E-state index is 0.104. The summed E-state index contributed by atoms with van der Waals surface area (Å²) < 4.78 is 0. The van der Waals surface area contributed by atoms with Crippen molar-refractivity contribution in [2.45, 2.75) is 46.0 Å². The van der Waals surface area contributed by atoms with Gasteiger partial charge in [-0.15, -0.1) is 0 Å². The van der Waals surface area contributed by atoms with Crippen LogP contribution in [0.5, 0.6) is 0 Å². The molecule has 0 amide bonds. The van der Waals surface area contributed by atoms with Gasteiger partial charge in [0.25, 0.3) is 0 Å². The van der Waals surface area contributed by atoms with Crippen molar-refractivity contribution in [2.75, 3.05) is 0 Å². The molecule has 1 heterocycles. The van der Waals surface area contributed by atoms with E-state index in [-0.39, 0.29) is 16.6 Å². The maximum absolute atomic E-state index is 12.1. The topological polar surface area (TPSA) is 30.0 Å². The highest BCUT2D eigenvalue weighted by Crippen LogP contribution is 2.65. The number of ketones is 1. The molecule has 0 aliphatic heterocycles. The van der Waals surface area contributed by atoms with Crippen molar-refractivity contribution in [3.63, 3.8) is 0 Å². The average Bonchev–Trinajstić information content (AvgIpc) is 3.01. The van der Waals surface area contributed by atoms with E-state index in [0.717, 1.165) is 12.8 Å². The fourth-order valence-corrected chi connectivity index (χ4v) is 6.50. The van der Waals surface area contributed by atoms with Gasteiger partial charge in [0.15, 0.2) is 5.78 Å². The zero-order chi connectivity index (χ0) is 18.8. The van der Waals surface area contributed by atoms with Crippen LogP contribution in [0, 0.1) is 22.7 Å². The van der Waals surface area contributed by atoms with Gasteiger partial charge in [-0.1, -0.05) is 49.8 Å². The molecule has 1 aromatic heterocycles. The summed E-state index contributed by atoms with van der Waals surface area (Å²) in [7, 11) is 0. The van der Waals surface area contributed by atoms with Crippen LogP contribution in [-0.2, 0) is 4.79 Å². The van der Waals surface area contributed by atoms with Crippen LogP contribution in [0.15, 0.2) is 66.1 Å². The molecule has 4 aliphatic carbocycles. The maximum atomic E-state index is 12.1. The van der Waals surface area contributed by atoms with Crippen LogP contribution in [0.25, 0.3) is 5.57 Å². The standard InChI is InChI=1S/C25H27NO/c1-16-13-19-21-7-6-20(17-5-4-12-26-15-17)24(21,2)11-9-22(19)25(3)10-8-18(27)14-23(16)25/h4-7,12,14-15,19,22H,1,8-11,13H2,2-3H3/t19-,22-,24+,25+/m0/s1. The van der Waals surface area contributed by atoms with Gasteiger partial charge in [-0.2, -0.15) is 0 Å². The molecule has 0 N–H and O–H groups in total. The number of rotatable bonds is 1. The molecule has 0 bridgehead atoms. The van der Waals surface area contributed by atoms with E-state index in [1.165, 1.54) is 35.1 Å². The summed E-state index contributed by atoms with van der Waals surface area (Å²) in [6.45, 7) is 9.22. The first-order valence-electron chi connectivity index (χ1n) is 10.2. The summed E-state index contributed by atoms with van der Waals surface area (Å²) in [5, 5.41) is 0. The minimum Gasteiger partial charge on any atom is -0.295 e. The maximum Gasteiger partial charge on any atom is 0.156 e. The van der Waals surface area contributed by atoms with Gasteiger partial charge in [-0.05, 0) is 71.8 Å². The van der Waals surface area contributed by atoms with Gasteiger partial charge in [-0.3, -0.25) is 9.78 Å². The Hall–Kier alpha value is -2.22. The fraction of sp³-hybridized carbons (Fsp3) is 0.440. The number of hydrogen-bond acceptors (Lipinski definition) is 2. The Bertz CT molecular complexity index is 934. The summed E-state index contributed by atoms with van der Waals surface area (Å²) >= 11 is 0. The zero-order valence-electron chi connectivity index (χ0n) is 16.3. The smallest absolute Gasteiger partial charge is 0.156 e. The summed E-state index contributed by atoms with van der Waals surface area (Å²) in [4.78, 5) is 16.4. The number of pyridine rings is 1. The second-order valence-corrected chi connectivity index (χ2v) is 9.28. The van der Waals surface area contributed by atoms with E-state index >= 15 is 0 Å². The molecule has 0 unspecified atom stereocenters. The van der Waals surface area contributed by atoms with Crippen LogP contribution in [0.4, 0.5) is 0 Å². The van der Waals surface area contributed by atoms with Crippen LogP contribution in [0.1, 0.15) is 51.5 Å². The van der Waals surface area contributed by atoms with Crippen molar-refractivity contribution < 1.29 is 4.79 Å². The number of fused-ring (bicyclic) bond motifs is 5. The second kappa shape index (κ2) is 5.64. The van der Waals surface area contributed by atoms with E-state index in [2.05, 4.69) is 43.6 Å². The van der Waals surface area contributed by atoms with Gasteiger partial charge in [0.2, 0.25) is 0 Å². The first kappa shape index (κ1) is 16.9. The highest BCUT2D eigenvalue weighted by atomic mass is 16.1. The Morgan fingerprint density at radius 3 is 2.81 bits per heavy atom. The number of allylic oxidation sites excluding steroid dienone is 7. The third-order valence-corrected chi connectivity index (χ3v) is 7.95.